The molecular formula is C14H19ClFNO. The van der Waals surface area contributed by atoms with Crippen LogP contribution < -0.4 is 5.73 Å². The molecule has 2 nitrogen and oxygen atoms in total. The number of carbonyl (C=O) groups is 1. The molecule has 0 heterocycles. The fraction of sp³-hybridized carbons (Fsp3) is 0.500. The van der Waals surface area contributed by atoms with Gasteiger partial charge in [0.05, 0.1) is 0 Å². The Labute approximate surface area is 112 Å². The predicted octanol–water partition coefficient (Wildman–Crippen LogP) is 3.35. The number of Topliss-reactive ketones (excluding diaryl/α,β-unsaturated/α-hetero) is 1. The monoisotopic (exact) mass is 271 g/mol. The van der Waals surface area contributed by atoms with Crippen molar-refractivity contribution in [3.63, 3.8) is 0 Å². The molecule has 0 aliphatic heterocycles. The van der Waals surface area contributed by atoms with Gasteiger partial charge in [0.2, 0.25) is 0 Å². The molecule has 4 heteroatoms. The molecule has 1 rings (SSSR count). The van der Waals surface area contributed by atoms with E-state index >= 15 is 0 Å². The van der Waals surface area contributed by atoms with Crippen LogP contribution >= 0.6 is 11.6 Å². The van der Waals surface area contributed by atoms with Crippen LogP contribution in [0.3, 0.4) is 0 Å². The van der Waals surface area contributed by atoms with Crippen molar-refractivity contribution < 1.29 is 9.18 Å². The highest BCUT2D eigenvalue weighted by atomic mass is 35.5. The molecule has 100 valence electrons. The second-order valence-electron chi connectivity index (χ2n) is 5.68. The lowest BCUT2D eigenvalue weighted by atomic mass is 9.71. The maximum atomic E-state index is 13.6. The van der Waals surface area contributed by atoms with E-state index in [9.17, 15) is 9.18 Å². The van der Waals surface area contributed by atoms with Gasteiger partial charge in [-0.05, 0) is 37.6 Å². The van der Waals surface area contributed by atoms with Crippen molar-refractivity contribution in [3.8, 4) is 0 Å². The van der Waals surface area contributed by atoms with Crippen molar-refractivity contribution >= 4 is 17.4 Å². The summed E-state index contributed by atoms with van der Waals surface area (Å²) in [4.78, 5) is 12.3. The fourth-order valence-electron chi connectivity index (χ4n) is 1.43. The molecule has 1 aromatic carbocycles. The third-order valence-corrected chi connectivity index (χ3v) is 3.90. The standard InChI is InChI=1S/C14H19ClFNO/c1-13(2,14(3,4)17)12(18)8-9-7-10(15)5-6-11(9)16/h5-7H,8,17H2,1-4H3. The summed E-state index contributed by atoms with van der Waals surface area (Å²) in [6.45, 7) is 7.13. The number of ketones is 1. The minimum absolute atomic E-state index is 0.0000231. The van der Waals surface area contributed by atoms with Gasteiger partial charge in [0.25, 0.3) is 0 Å². The van der Waals surface area contributed by atoms with Crippen LogP contribution in [0.15, 0.2) is 18.2 Å². The quantitative estimate of drug-likeness (QED) is 0.913. The smallest absolute Gasteiger partial charge is 0.144 e. The van der Waals surface area contributed by atoms with Gasteiger partial charge in [0.1, 0.15) is 11.6 Å². The molecule has 0 atom stereocenters. The first-order chi connectivity index (χ1) is 8.05. The van der Waals surface area contributed by atoms with E-state index in [0.29, 0.717) is 10.6 Å². The largest absolute Gasteiger partial charge is 0.325 e. The lowest BCUT2D eigenvalue weighted by Gasteiger charge is -2.37. The fourth-order valence-corrected chi connectivity index (χ4v) is 1.63. The van der Waals surface area contributed by atoms with Crippen LogP contribution in [0.25, 0.3) is 0 Å². The van der Waals surface area contributed by atoms with Crippen LogP contribution in [-0.4, -0.2) is 11.3 Å². The van der Waals surface area contributed by atoms with E-state index < -0.39 is 16.8 Å². The Morgan fingerprint density at radius 2 is 1.89 bits per heavy atom. The highest BCUT2D eigenvalue weighted by Gasteiger charge is 2.39. The molecule has 0 aliphatic rings. The number of nitrogens with two attached hydrogens (primary N) is 1. The summed E-state index contributed by atoms with van der Waals surface area (Å²) in [5, 5.41) is 0.420. The molecule has 1 aromatic rings. The van der Waals surface area contributed by atoms with E-state index in [-0.39, 0.29) is 12.2 Å². The number of hydrogen-bond acceptors (Lipinski definition) is 2. The molecule has 0 spiro atoms. The number of halogens is 2. The Hall–Kier alpha value is -0.930. The minimum atomic E-state index is -0.734. The van der Waals surface area contributed by atoms with E-state index in [1.807, 2.05) is 0 Å². The number of benzene rings is 1. The van der Waals surface area contributed by atoms with Crippen LogP contribution in [0, 0.1) is 11.2 Å². The molecule has 0 saturated carbocycles. The van der Waals surface area contributed by atoms with Gasteiger partial charge in [-0.3, -0.25) is 4.79 Å². The lowest BCUT2D eigenvalue weighted by molar-refractivity contribution is -0.129. The molecule has 0 radical (unpaired) electrons. The predicted molar refractivity (Wildman–Crippen MR) is 72.2 cm³/mol. The lowest BCUT2D eigenvalue weighted by Crippen LogP contribution is -2.52. The molecule has 0 aliphatic carbocycles. The summed E-state index contributed by atoms with van der Waals surface area (Å²) in [7, 11) is 0. The van der Waals surface area contributed by atoms with Gasteiger partial charge in [-0.2, -0.15) is 0 Å². The second-order valence-corrected chi connectivity index (χ2v) is 6.12. The Bertz CT molecular complexity index is 463. The second kappa shape index (κ2) is 4.98. The SMILES string of the molecule is CC(C)(N)C(C)(C)C(=O)Cc1cc(Cl)ccc1F. The van der Waals surface area contributed by atoms with Gasteiger partial charge in [0, 0.05) is 22.4 Å². The first kappa shape index (κ1) is 15.1. The molecule has 0 amide bonds. The van der Waals surface area contributed by atoms with Crippen LogP contribution in [0.4, 0.5) is 4.39 Å². The van der Waals surface area contributed by atoms with Crippen molar-refractivity contribution in [2.24, 2.45) is 11.1 Å². The molecule has 0 aromatic heterocycles. The normalized spacial score (nSPS) is 12.6. The summed E-state index contributed by atoms with van der Waals surface area (Å²) < 4.78 is 13.6. The van der Waals surface area contributed by atoms with Gasteiger partial charge in [-0.25, -0.2) is 4.39 Å². The van der Waals surface area contributed by atoms with Crippen LogP contribution in [0.1, 0.15) is 33.3 Å². The first-order valence-corrected chi connectivity index (χ1v) is 6.19. The van der Waals surface area contributed by atoms with E-state index in [4.69, 9.17) is 17.3 Å². The van der Waals surface area contributed by atoms with E-state index in [1.54, 1.807) is 27.7 Å². The Kier molecular flexibility index (Phi) is 4.19. The molecule has 0 saturated heterocycles. The summed E-state index contributed by atoms with van der Waals surface area (Å²) in [6, 6.07) is 4.21. The van der Waals surface area contributed by atoms with Crippen molar-refractivity contribution in [2.45, 2.75) is 39.7 Å². The van der Waals surface area contributed by atoms with Gasteiger partial charge in [0.15, 0.2) is 0 Å². The Balaban J connectivity index is 2.98. The molecule has 0 fully saturated rings. The van der Waals surface area contributed by atoms with Gasteiger partial charge < -0.3 is 5.73 Å². The molecule has 0 bridgehead atoms. The zero-order chi connectivity index (χ0) is 14.1. The third-order valence-electron chi connectivity index (χ3n) is 3.67. The van der Waals surface area contributed by atoms with Gasteiger partial charge in [-0.1, -0.05) is 25.4 Å². The number of hydrogen-bond donors (Lipinski definition) is 1. The zero-order valence-electron chi connectivity index (χ0n) is 11.2. The van der Waals surface area contributed by atoms with Crippen LogP contribution in [-0.2, 0) is 11.2 Å². The van der Waals surface area contributed by atoms with Crippen molar-refractivity contribution in [1.82, 2.24) is 0 Å². The Morgan fingerprint density at radius 1 is 1.33 bits per heavy atom. The van der Waals surface area contributed by atoms with Gasteiger partial charge in [-0.15, -0.1) is 0 Å². The molecule has 18 heavy (non-hydrogen) atoms. The van der Waals surface area contributed by atoms with Crippen molar-refractivity contribution in [2.75, 3.05) is 0 Å². The van der Waals surface area contributed by atoms with Crippen molar-refractivity contribution in [1.29, 1.82) is 0 Å². The highest BCUT2D eigenvalue weighted by Crippen LogP contribution is 2.31. The maximum Gasteiger partial charge on any atom is 0.144 e. The molecule has 2 N–H and O–H groups in total. The highest BCUT2D eigenvalue weighted by molar-refractivity contribution is 6.30. The van der Waals surface area contributed by atoms with E-state index in [0.717, 1.165) is 0 Å². The van der Waals surface area contributed by atoms with E-state index in [1.165, 1.54) is 18.2 Å². The van der Waals surface area contributed by atoms with Crippen LogP contribution in [0.5, 0.6) is 0 Å². The van der Waals surface area contributed by atoms with Crippen molar-refractivity contribution in [3.05, 3.63) is 34.6 Å². The topological polar surface area (TPSA) is 43.1 Å². The number of carbonyl (C=O) groups excluding carboxylic acids is 1. The van der Waals surface area contributed by atoms with E-state index in [2.05, 4.69) is 0 Å². The maximum absolute atomic E-state index is 13.6. The summed E-state index contributed by atoms with van der Waals surface area (Å²) in [5.74, 6) is -0.519. The zero-order valence-corrected chi connectivity index (χ0v) is 11.9. The summed E-state index contributed by atoms with van der Waals surface area (Å²) >= 11 is 5.80. The molecule has 0 unspecified atom stereocenters. The number of rotatable bonds is 4. The Morgan fingerprint density at radius 3 is 2.39 bits per heavy atom. The third kappa shape index (κ3) is 3.09. The van der Waals surface area contributed by atoms with Crippen LogP contribution in [0.2, 0.25) is 5.02 Å². The minimum Gasteiger partial charge on any atom is -0.325 e. The first-order valence-electron chi connectivity index (χ1n) is 5.82. The average Bonchev–Trinajstić information content (AvgIpc) is 2.21. The summed E-state index contributed by atoms with van der Waals surface area (Å²) in [5.41, 5.74) is 4.90. The van der Waals surface area contributed by atoms with Gasteiger partial charge >= 0.3 is 0 Å². The molecular weight excluding hydrogens is 253 g/mol. The summed E-state index contributed by atoms with van der Waals surface area (Å²) in [6.07, 6.45) is 0.0000231. The average molecular weight is 272 g/mol.